The van der Waals surface area contributed by atoms with Gasteiger partial charge in [-0.05, 0) is 18.6 Å². The Balaban J connectivity index is 2.51. The number of hydrogen-bond donors (Lipinski definition) is 2. The molecule has 0 aromatic heterocycles. The van der Waals surface area contributed by atoms with Gasteiger partial charge in [-0.1, -0.05) is 17.7 Å². The van der Waals surface area contributed by atoms with Gasteiger partial charge >= 0.3 is 6.18 Å². The maximum Gasteiger partial charge on any atom is 0.389 e. The second-order valence-electron chi connectivity index (χ2n) is 3.68. The van der Waals surface area contributed by atoms with E-state index < -0.39 is 18.5 Å². The van der Waals surface area contributed by atoms with Crippen LogP contribution in [0.25, 0.3) is 0 Å². The maximum atomic E-state index is 11.9. The second kappa shape index (κ2) is 5.95. The third-order valence-corrected chi connectivity index (χ3v) is 2.51. The monoisotopic (exact) mass is 280 g/mol. The van der Waals surface area contributed by atoms with Gasteiger partial charge in [0.25, 0.3) is 5.91 Å². The second-order valence-corrected chi connectivity index (χ2v) is 4.09. The Bertz CT molecular complexity index is 415. The molecule has 0 fully saturated rings. The van der Waals surface area contributed by atoms with E-state index in [1.807, 2.05) is 0 Å². The molecule has 100 valence electrons. The van der Waals surface area contributed by atoms with Crippen molar-refractivity contribution in [3.05, 3.63) is 28.8 Å². The number of nitrogen functional groups attached to an aromatic ring is 1. The number of rotatable bonds is 4. The maximum absolute atomic E-state index is 11.9. The van der Waals surface area contributed by atoms with E-state index in [1.54, 1.807) is 6.07 Å². The lowest BCUT2D eigenvalue weighted by molar-refractivity contribution is -0.135. The average Bonchev–Trinajstić information content (AvgIpc) is 2.23. The molecule has 0 spiro atoms. The Kier molecular flexibility index (Phi) is 4.84. The van der Waals surface area contributed by atoms with Crippen molar-refractivity contribution in [2.45, 2.75) is 19.0 Å². The molecule has 3 N–H and O–H groups in total. The number of amides is 1. The van der Waals surface area contributed by atoms with Crippen LogP contribution < -0.4 is 11.1 Å². The van der Waals surface area contributed by atoms with E-state index in [4.69, 9.17) is 17.3 Å². The first kappa shape index (κ1) is 14.6. The zero-order chi connectivity index (χ0) is 13.8. The van der Waals surface area contributed by atoms with Crippen molar-refractivity contribution in [3.8, 4) is 0 Å². The molecule has 0 radical (unpaired) electrons. The van der Waals surface area contributed by atoms with E-state index in [0.29, 0.717) is 0 Å². The van der Waals surface area contributed by atoms with Gasteiger partial charge in [-0.2, -0.15) is 13.2 Å². The molecule has 1 rings (SSSR count). The summed E-state index contributed by atoms with van der Waals surface area (Å²) in [4.78, 5) is 11.7. The summed E-state index contributed by atoms with van der Waals surface area (Å²) < 4.78 is 35.6. The van der Waals surface area contributed by atoms with Crippen LogP contribution in [-0.2, 0) is 0 Å². The first-order valence-electron chi connectivity index (χ1n) is 5.20. The van der Waals surface area contributed by atoms with E-state index in [0.717, 1.165) is 0 Å². The number of hydrogen-bond acceptors (Lipinski definition) is 2. The number of anilines is 1. The van der Waals surface area contributed by atoms with E-state index in [2.05, 4.69) is 5.32 Å². The number of alkyl halides is 3. The third-order valence-electron chi connectivity index (χ3n) is 2.20. The van der Waals surface area contributed by atoms with Crippen LogP contribution in [0.2, 0.25) is 5.02 Å². The lowest BCUT2D eigenvalue weighted by Gasteiger charge is -2.10. The standard InChI is InChI=1S/C11H12ClF3N2O/c12-7-3-1-4-8(16)9(7)10(18)17-6-2-5-11(13,14)15/h1,3-4H,2,5-6,16H2,(H,17,18). The minimum atomic E-state index is -4.21. The van der Waals surface area contributed by atoms with Crippen LogP contribution in [0, 0.1) is 0 Å². The zero-order valence-corrected chi connectivity index (χ0v) is 10.1. The summed E-state index contributed by atoms with van der Waals surface area (Å²) in [5.41, 5.74) is 5.85. The molecule has 0 aliphatic heterocycles. The van der Waals surface area contributed by atoms with Crippen LogP contribution in [-0.4, -0.2) is 18.6 Å². The van der Waals surface area contributed by atoms with E-state index in [-0.39, 0.29) is 29.2 Å². The lowest BCUT2D eigenvalue weighted by atomic mass is 10.1. The molecule has 1 aromatic carbocycles. The summed E-state index contributed by atoms with van der Waals surface area (Å²) in [6.45, 7) is -0.0804. The SMILES string of the molecule is Nc1cccc(Cl)c1C(=O)NCCCC(F)(F)F. The van der Waals surface area contributed by atoms with Gasteiger partial charge in [0.2, 0.25) is 0 Å². The van der Waals surface area contributed by atoms with Crippen molar-refractivity contribution in [3.63, 3.8) is 0 Å². The van der Waals surface area contributed by atoms with Crippen LogP contribution in [0.5, 0.6) is 0 Å². The number of nitrogens with one attached hydrogen (secondary N) is 1. The summed E-state index contributed by atoms with van der Waals surface area (Å²) in [5, 5.41) is 2.52. The first-order valence-corrected chi connectivity index (χ1v) is 5.58. The van der Waals surface area contributed by atoms with Crippen molar-refractivity contribution < 1.29 is 18.0 Å². The average molecular weight is 281 g/mol. The summed E-state index contributed by atoms with van der Waals surface area (Å²) in [6.07, 6.45) is -5.33. The predicted octanol–water partition coefficient (Wildman–Crippen LogP) is 2.99. The fourth-order valence-corrected chi connectivity index (χ4v) is 1.63. The van der Waals surface area contributed by atoms with Crippen LogP contribution in [0.4, 0.5) is 18.9 Å². The molecule has 0 aliphatic rings. The van der Waals surface area contributed by atoms with Gasteiger partial charge in [-0.3, -0.25) is 4.79 Å². The number of halogens is 4. The Labute approximate surface area is 107 Å². The van der Waals surface area contributed by atoms with Gasteiger partial charge in [0.15, 0.2) is 0 Å². The molecule has 1 amide bonds. The summed E-state index contributed by atoms with van der Waals surface area (Å²) in [5.74, 6) is -0.569. The quantitative estimate of drug-likeness (QED) is 0.658. The minimum absolute atomic E-state index is 0.0804. The fourth-order valence-electron chi connectivity index (χ4n) is 1.36. The Morgan fingerprint density at radius 1 is 1.39 bits per heavy atom. The van der Waals surface area contributed by atoms with Gasteiger partial charge < -0.3 is 11.1 Å². The van der Waals surface area contributed by atoms with Crippen LogP contribution >= 0.6 is 11.6 Å². The normalized spacial score (nSPS) is 11.3. The van der Waals surface area contributed by atoms with Gasteiger partial charge in [0.05, 0.1) is 10.6 Å². The Morgan fingerprint density at radius 2 is 2.06 bits per heavy atom. The van der Waals surface area contributed by atoms with Gasteiger partial charge in [-0.25, -0.2) is 0 Å². The topological polar surface area (TPSA) is 55.1 Å². The Morgan fingerprint density at radius 3 is 2.61 bits per heavy atom. The summed E-state index contributed by atoms with van der Waals surface area (Å²) >= 11 is 5.79. The van der Waals surface area contributed by atoms with E-state index in [1.165, 1.54) is 12.1 Å². The number of benzene rings is 1. The highest BCUT2D eigenvalue weighted by Crippen LogP contribution is 2.22. The van der Waals surface area contributed by atoms with Crippen molar-refractivity contribution in [2.24, 2.45) is 0 Å². The van der Waals surface area contributed by atoms with Gasteiger partial charge in [0.1, 0.15) is 0 Å². The van der Waals surface area contributed by atoms with E-state index >= 15 is 0 Å². The highest BCUT2D eigenvalue weighted by molar-refractivity contribution is 6.34. The Hall–Kier alpha value is -1.43. The van der Waals surface area contributed by atoms with E-state index in [9.17, 15) is 18.0 Å². The number of carbonyl (C=O) groups excluding carboxylic acids is 1. The molecule has 7 heteroatoms. The van der Waals surface area contributed by atoms with Crippen molar-refractivity contribution in [2.75, 3.05) is 12.3 Å². The van der Waals surface area contributed by atoms with Crippen molar-refractivity contribution >= 4 is 23.2 Å². The molecule has 0 bridgehead atoms. The molecule has 0 unspecified atom stereocenters. The molecule has 1 aromatic rings. The van der Waals surface area contributed by atoms with Crippen molar-refractivity contribution in [1.29, 1.82) is 0 Å². The molecular formula is C11H12ClF3N2O. The molecule has 18 heavy (non-hydrogen) atoms. The fraction of sp³-hybridized carbons (Fsp3) is 0.364. The molecule has 0 saturated carbocycles. The number of nitrogens with two attached hydrogens (primary N) is 1. The largest absolute Gasteiger partial charge is 0.398 e. The molecule has 0 aliphatic carbocycles. The van der Waals surface area contributed by atoms with Crippen LogP contribution in [0.15, 0.2) is 18.2 Å². The molecule has 3 nitrogen and oxygen atoms in total. The van der Waals surface area contributed by atoms with Crippen LogP contribution in [0.3, 0.4) is 0 Å². The molecular weight excluding hydrogens is 269 g/mol. The molecule has 0 atom stereocenters. The zero-order valence-electron chi connectivity index (χ0n) is 9.35. The predicted molar refractivity (Wildman–Crippen MR) is 63.5 cm³/mol. The summed E-state index contributed by atoms with van der Waals surface area (Å²) in [7, 11) is 0. The van der Waals surface area contributed by atoms with Gasteiger partial charge in [0, 0.05) is 18.7 Å². The summed E-state index contributed by atoms with van der Waals surface area (Å²) in [6, 6.07) is 4.57. The minimum Gasteiger partial charge on any atom is -0.398 e. The first-order chi connectivity index (χ1) is 8.31. The highest BCUT2D eigenvalue weighted by Gasteiger charge is 2.26. The lowest BCUT2D eigenvalue weighted by Crippen LogP contribution is -2.26. The number of carbonyl (C=O) groups is 1. The highest BCUT2D eigenvalue weighted by atomic mass is 35.5. The van der Waals surface area contributed by atoms with Crippen molar-refractivity contribution in [1.82, 2.24) is 5.32 Å². The molecule has 0 heterocycles. The molecule has 0 saturated heterocycles. The smallest absolute Gasteiger partial charge is 0.389 e. The van der Waals surface area contributed by atoms with Gasteiger partial charge in [-0.15, -0.1) is 0 Å². The third kappa shape index (κ3) is 4.44. The van der Waals surface area contributed by atoms with Crippen LogP contribution in [0.1, 0.15) is 23.2 Å².